The third kappa shape index (κ3) is 4.94. The highest BCUT2D eigenvalue weighted by molar-refractivity contribution is 7.42. The number of ether oxygens (including phenoxy) is 1. The number of rotatable bonds is 6. The van der Waals surface area contributed by atoms with Crippen molar-refractivity contribution in [3.63, 3.8) is 0 Å². The molecule has 0 aliphatic rings. The standard InChI is InChI=1S/C24H29FNO5P/c1-8-24(15(4)27,32(29)30)22(28)31-21-18(16-9-11-17(25)12-10-16)13-19(23(5,6)7)26-20(21)14(2)3/h1,9-15,27,32H,2-7H3,(H,29,30). The first-order valence-electron chi connectivity index (χ1n) is 10.2. The zero-order valence-electron chi connectivity index (χ0n) is 19.1. The van der Waals surface area contributed by atoms with E-state index in [4.69, 9.17) is 16.1 Å². The van der Waals surface area contributed by atoms with E-state index in [9.17, 15) is 23.7 Å². The lowest BCUT2D eigenvalue weighted by Gasteiger charge is -2.28. The summed E-state index contributed by atoms with van der Waals surface area (Å²) in [6.07, 6.45) is 3.78. The van der Waals surface area contributed by atoms with Gasteiger partial charge in [0.25, 0.3) is 0 Å². The predicted octanol–water partition coefficient (Wildman–Crippen LogP) is 4.43. The lowest BCUT2D eigenvalue weighted by molar-refractivity contribution is -0.138. The molecule has 0 saturated heterocycles. The maximum Gasteiger partial charge on any atom is 0.342 e. The molecule has 0 bridgehead atoms. The Morgan fingerprint density at radius 1 is 1.22 bits per heavy atom. The molecule has 2 rings (SSSR count). The van der Waals surface area contributed by atoms with Crippen LogP contribution in [0.3, 0.4) is 0 Å². The molecule has 0 saturated carbocycles. The molecule has 32 heavy (non-hydrogen) atoms. The quantitative estimate of drug-likeness (QED) is 0.375. The number of carbonyl (C=O) groups is 1. The molecule has 0 aliphatic carbocycles. The number of nitrogens with zero attached hydrogens (tertiary/aromatic N) is 1. The van der Waals surface area contributed by atoms with Crippen molar-refractivity contribution in [3.8, 4) is 29.2 Å². The van der Waals surface area contributed by atoms with Gasteiger partial charge in [-0.2, -0.15) is 0 Å². The van der Waals surface area contributed by atoms with Crippen LogP contribution in [0.5, 0.6) is 5.75 Å². The molecule has 0 spiro atoms. The summed E-state index contributed by atoms with van der Waals surface area (Å²) < 4.78 is 31.2. The molecule has 2 aromatic rings. The summed E-state index contributed by atoms with van der Waals surface area (Å²) in [5.41, 5.74) is 1.81. The number of esters is 1. The molecule has 0 aliphatic heterocycles. The van der Waals surface area contributed by atoms with E-state index in [2.05, 4.69) is 0 Å². The second-order valence-electron chi connectivity index (χ2n) is 9.00. The molecule has 0 amide bonds. The number of terminal acetylenes is 1. The highest BCUT2D eigenvalue weighted by Gasteiger charge is 2.49. The average Bonchev–Trinajstić information content (AvgIpc) is 2.68. The van der Waals surface area contributed by atoms with E-state index >= 15 is 0 Å². The van der Waals surface area contributed by atoms with Gasteiger partial charge in [-0.05, 0) is 36.6 Å². The molecule has 8 heteroatoms. The van der Waals surface area contributed by atoms with Gasteiger partial charge in [0.15, 0.2) is 5.75 Å². The van der Waals surface area contributed by atoms with Crippen LogP contribution >= 0.6 is 8.03 Å². The number of pyridine rings is 1. The normalized spacial score (nSPS) is 15.5. The first-order chi connectivity index (χ1) is 14.7. The number of aliphatic hydroxyl groups excluding tert-OH is 1. The van der Waals surface area contributed by atoms with Gasteiger partial charge >= 0.3 is 5.97 Å². The Bertz CT molecular complexity index is 1070. The Hall–Kier alpha value is -2.52. The van der Waals surface area contributed by atoms with Crippen LogP contribution in [0.15, 0.2) is 30.3 Å². The zero-order chi connectivity index (χ0) is 24.4. The minimum Gasteiger partial charge on any atom is -0.422 e. The van der Waals surface area contributed by atoms with E-state index in [0.29, 0.717) is 16.8 Å². The van der Waals surface area contributed by atoms with Crippen molar-refractivity contribution in [2.75, 3.05) is 0 Å². The summed E-state index contributed by atoms with van der Waals surface area (Å²) in [6, 6.07) is 7.37. The fraction of sp³-hybridized carbons (Fsp3) is 0.417. The third-order valence-corrected chi connectivity index (χ3v) is 6.62. The molecular formula is C24H29FNO5P. The first-order valence-corrected chi connectivity index (χ1v) is 11.5. The van der Waals surface area contributed by atoms with Gasteiger partial charge in [0.05, 0.1) is 11.8 Å². The SMILES string of the molecule is C#CC(C(=O)Oc1c(-c2ccc(F)cc2)cc(C(C)(C)C)nc1C(C)C)(C(C)O)[PH](=O)O. The number of hydrogen-bond donors (Lipinski definition) is 2. The van der Waals surface area contributed by atoms with Gasteiger partial charge in [0.1, 0.15) is 5.82 Å². The molecular weight excluding hydrogens is 432 g/mol. The summed E-state index contributed by atoms with van der Waals surface area (Å²) in [5.74, 6) is 0.171. The zero-order valence-corrected chi connectivity index (χ0v) is 20.1. The van der Waals surface area contributed by atoms with Gasteiger partial charge in [-0.15, -0.1) is 6.42 Å². The number of hydrogen-bond acceptors (Lipinski definition) is 5. The van der Waals surface area contributed by atoms with Crippen molar-refractivity contribution >= 4 is 14.0 Å². The number of benzene rings is 1. The first kappa shape index (κ1) is 25.7. The number of carbonyl (C=O) groups excluding carboxylic acids is 1. The second kappa shape index (κ2) is 9.54. The lowest BCUT2D eigenvalue weighted by atomic mass is 9.88. The lowest BCUT2D eigenvalue weighted by Crippen LogP contribution is -2.46. The molecule has 2 N–H and O–H groups in total. The second-order valence-corrected chi connectivity index (χ2v) is 10.4. The molecule has 0 radical (unpaired) electrons. The van der Waals surface area contributed by atoms with Crippen LogP contribution in [0.1, 0.15) is 58.8 Å². The number of halogens is 1. The van der Waals surface area contributed by atoms with E-state index in [1.807, 2.05) is 40.5 Å². The van der Waals surface area contributed by atoms with Crippen LogP contribution < -0.4 is 4.74 Å². The maximum absolute atomic E-state index is 13.6. The molecule has 0 fully saturated rings. The maximum atomic E-state index is 13.6. The average molecular weight is 461 g/mol. The van der Waals surface area contributed by atoms with E-state index in [0.717, 1.165) is 12.6 Å². The van der Waals surface area contributed by atoms with Gasteiger partial charge in [-0.3, -0.25) is 9.55 Å². The largest absolute Gasteiger partial charge is 0.422 e. The highest BCUT2D eigenvalue weighted by atomic mass is 31.1. The minimum atomic E-state index is -3.73. The predicted molar refractivity (Wildman–Crippen MR) is 123 cm³/mol. The van der Waals surface area contributed by atoms with Gasteiger partial charge < -0.3 is 14.7 Å². The van der Waals surface area contributed by atoms with Crippen molar-refractivity contribution in [1.29, 1.82) is 0 Å². The molecule has 3 atom stereocenters. The summed E-state index contributed by atoms with van der Waals surface area (Å²) >= 11 is 0. The van der Waals surface area contributed by atoms with Crippen LogP contribution in [0.2, 0.25) is 0 Å². The Kier molecular flexibility index (Phi) is 7.67. The van der Waals surface area contributed by atoms with Crippen molar-refractivity contribution in [1.82, 2.24) is 4.98 Å². The Balaban J connectivity index is 2.82. The summed E-state index contributed by atoms with van der Waals surface area (Å²) in [7, 11) is -3.73. The van der Waals surface area contributed by atoms with E-state index < -0.39 is 31.1 Å². The van der Waals surface area contributed by atoms with Crippen molar-refractivity contribution in [3.05, 3.63) is 47.5 Å². The molecule has 3 unspecified atom stereocenters. The van der Waals surface area contributed by atoms with E-state index in [-0.39, 0.29) is 17.1 Å². The van der Waals surface area contributed by atoms with Crippen molar-refractivity contribution < 1.29 is 28.5 Å². The summed E-state index contributed by atoms with van der Waals surface area (Å²) in [6.45, 7) is 10.8. The monoisotopic (exact) mass is 461 g/mol. The fourth-order valence-electron chi connectivity index (χ4n) is 3.13. The molecule has 1 aromatic heterocycles. The summed E-state index contributed by atoms with van der Waals surface area (Å²) in [5, 5.41) is 7.68. The minimum absolute atomic E-state index is 0.0492. The Labute approximate surface area is 188 Å². The van der Waals surface area contributed by atoms with Crippen molar-refractivity contribution in [2.45, 2.75) is 64.1 Å². The molecule has 1 aromatic carbocycles. The van der Waals surface area contributed by atoms with E-state index in [1.54, 1.807) is 6.07 Å². The van der Waals surface area contributed by atoms with Crippen LogP contribution in [0, 0.1) is 18.2 Å². The van der Waals surface area contributed by atoms with E-state index in [1.165, 1.54) is 24.3 Å². The van der Waals surface area contributed by atoms with Gasteiger partial charge in [-0.1, -0.05) is 52.7 Å². The van der Waals surface area contributed by atoms with Crippen LogP contribution in [0.4, 0.5) is 4.39 Å². The smallest absolute Gasteiger partial charge is 0.342 e. The number of aromatic nitrogens is 1. The van der Waals surface area contributed by atoms with Gasteiger partial charge in [-0.25, -0.2) is 9.18 Å². The van der Waals surface area contributed by atoms with Crippen LogP contribution in [0.25, 0.3) is 11.1 Å². The summed E-state index contributed by atoms with van der Waals surface area (Å²) in [4.78, 5) is 27.6. The van der Waals surface area contributed by atoms with Crippen LogP contribution in [-0.2, 0) is 14.8 Å². The number of aliphatic hydroxyl groups is 1. The fourth-order valence-corrected chi connectivity index (χ4v) is 3.84. The topological polar surface area (TPSA) is 96.7 Å². The van der Waals surface area contributed by atoms with Crippen molar-refractivity contribution in [2.24, 2.45) is 0 Å². The van der Waals surface area contributed by atoms with Crippen LogP contribution in [-0.4, -0.2) is 32.2 Å². The van der Waals surface area contributed by atoms with Gasteiger partial charge in [0.2, 0.25) is 13.2 Å². The molecule has 1 heterocycles. The Morgan fingerprint density at radius 2 is 1.78 bits per heavy atom. The molecule has 6 nitrogen and oxygen atoms in total. The Morgan fingerprint density at radius 3 is 2.19 bits per heavy atom. The highest BCUT2D eigenvalue weighted by Crippen LogP contribution is 2.43. The third-order valence-electron chi connectivity index (χ3n) is 5.18. The molecule has 172 valence electrons. The van der Waals surface area contributed by atoms with Gasteiger partial charge in [0, 0.05) is 16.7 Å².